The normalized spacial score (nSPS) is 16.4. The number of amides is 1. The Bertz CT molecular complexity index is 876. The first kappa shape index (κ1) is 15.3. The standard InChI is InChI=1S/C18H17N5O2/c1-25-15-4-2-13(3-5-15)16-11-22-9-8-19-17(22)12-23(16)18(24)14-6-7-20-21-10-14/h2-10,16H,11-12H2,1H3/t16-/m0/s1. The van der Waals surface area contributed by atoms with Gasteiger partial charge >= 0.3 is 0 Å². The zero-order chi connectivity index (χ0) is 17.2. The van der Waals surface area contributed by atoms with Crippen molar-refractivity contribution >= 4 is 5.91 Å². The molecule has 1 amide bonds. The fourth-order valence-electron chi connectivity index (χ4n) is 3.11. The highest BCUT2D eigenvalue weighted by atomic mass is 16.5. The molecule has 0 fully saturated rings. The minimum atomic E-state index is -0.0896. The largest absolute Gasteiger partial charge is 0.497 e. The molecule has 0 saturated heterocycles. The Kier molecular flexibility index (Phi) is 3.89. The Morgan fingerprint density at radius 3 is 2.72 bits per heavy atom. The van der Waals surface area contributed by atoms with Gasteiger partial charge in [-0.3, -0.25) is 4.79 Å². The number of benzene rings is 1. The van der Waals surface area contributed by atoms with E-state index in [1.165, 1.54) is 12.4 Å². The van der Waals surface area contributed by atoms with E-state index in [0.29, 0.717) is 18.7 Å². The highest BCUT2D eigenvalue weighted by Gasteiger charge is 2.32. The Balaban J connectivity index is 1.71. The van der Waals surface area contributed by atoms with E-state index < -0.39 is 0 Å². The maximum Gasteiger partial charge on any atom is 0.256 e. The molecule has 1 aromatic carbocycles. The molecule has 7 nitrogen and oxygen atoms in total. The molecule has 2 aromatic heterocycles. The van der Waals surface area contributed by atoms with Crippen molar-refractivity contribution in [2.45, 2.75) is 19.1 Å². The van der Waals surface area contributed by atoms with Gasteiger partial charge in [-0.15, -0.1) is 0 Å². The third-order valence-electron chi connectivity index (χ3n) is 4.45. The van der Waals surface area contributed by atoms with Gasteiger partial charge in [-0.1, -0.05) is 12.1 Å². The van der Waals surface area contributed by atoms with Crippen LogP contribution in [0.5, 0.6) is 5.75 Å². The number of fused-ring (bicyclic) bond motifs is 1. The van der Waals surface area contributed by atoms with Gasteiger partial charge in [0.05, 0.1) is 37.7 Å². The van der Waals surface area contributed by atoms with Crippen LogP contribution in [0.3, 0.4) is 0 Å². The van der Waals surface area contributed by atoms with E-state index in [1.54, 1.807) is 19.4 Å². The molecule has 1 aliphatic heterocycles. The zero-order valence-electron chi connectivity index (χ0n) is 13.7. The van der Waals surface area contributed by atoms with Crippen LogP contribution < -0.4 is 4.74 Å². The molecule has 0 spiro atoms. The minimum absolute atomic E-state index is 0.0787. The maximum absolute atomic E-state index is 13.0. The lowest BCUT2D eigenvalue weighted by Gasteiger charge is -2.36. The molecule has 0 unspecified atom stereocenters. The van der Waals surface area contributed by atoms with Crippen molar-refractivity contribution < 1.29 is 9.53 Å². The molecule has 0 aliphatic carbocycles. The second kappa shape index (κ2) is 6.35. The molecule has 0 bridgehead atoms. The topological polar surface area (TPSA) is 73.1 Å². The summed E-state index contributed by atoms with van der Waals surface area (Å²) in [6, 6.07) is 9.41. The van der Waals surface area contributed by atoms with E-state index in [2.05, 4.69) is 19.7 Å². The van der Waals surface area contributed by atoms with Crippen LogP contribution in [0.4, 0.5) is 0 Å². The summed E-state index contributed by atoms with van der Waals surface area (Å²) in [5, 5.41) is 7.57. The molecule has 0 saturated carbocycles. The lowest BCUT2D eigenvalue weighted by atomic mass is 10.0. The number of nitrogens with zero attached hydrogens (tertiary/aromatic N) is 5. The second-order valence-corrected chi connectivity index (χ2v) is 5.85. The van der Waals surface area contributed by atoms with Crippen LogP contribution in [-0.2, 0) is 13.1 Å². The van der Waals surface area contributed by atoms with Crippen molar-refractivity contribution in [3.05, 3.63) is 72.1 Å². The third-order valence-corrected chi connectivity index (χ3v) is 4.45. The van der Waals surface area contributed by atoms with Gasteiger partial charge in [-0.2, -0.15) is 10.2 Å². The molecule has 7 heteroatoms. The van der Waals surface area contributed by atoms with Gasteiger partial charge in [0.2, 0.25) is 0 Å². The number of methoxy groups -OCH3 is 1. The fraction of sp³-hybridized carbons (Fsp3) is 0.222. The van der Waals surface area contributed by atoms with E-state index in [0.717, 1.165) is 17.1 Å². The summed E-state index contributed by atoms with van der Waals surface area (Å²) in [7, 11) is 1.64. The van der Waals surface area contributed by atoms with Gasteiger partial charge in [0.1, 0.15) is 11.6 Å². The van der Waals surface area contributed by atoms with E-state index >= 15 is 0 Å². The summed E-state index contributed by atoms with van der Waals surface area (Å²) in [5.74, 6) is 1.59. The molecule has 3 aromatic rings. The molecule has 126 valence electrons. The van der Waals surface area contributed by atoms with Gasteiger partial charge in [0.15, 0.2) is 0 Å². The smallest absolute Gasteiger partial charge is 0.256 e. The number of carbonyl (C=O) groups is 1. The first-order valence-corrected chi connectivity index (χ1v) is 7.98. The summed E-state index contributed by atoms with van der Waals surface area (Å²) >= 11 is 0. The van der Waals surface area contributed by atoms with E-state index in [4.69, 9.17) is 4.74 Å². The molecule has 1 aliphatic rings. The van der Waals surface area contributed by atoms with E-state index in [-0.39, 0.29) is 11.9 Å². The Hall–Kier alpha value is -3.22. The van der Waals surface area contributed by atoms with Gasteiger partial charge < -0.3 is 14.2 Å². The number of aromatic nitrogens is 4. The van der Waals surface area contributed by atoms with Crippen molar-refractivity contribution in [3.8, 4) is 5.75 Å². The molecular weight excluding hydrogens is 318 g/mol. The Morgan fingerprint density at radius 2 is 2.00 bits per heavy atom. The molecule has 1 atom stereocenters. The van der Waals surface area contributed by atoms with Gasteiger partial charge in [-0.25, -0.2) is 4.98 Å². The minimum Gasteiger partial charge on any atom is -0.497 e. The zero-order valence-corrected chi connectivity index (χ0v) is 13.7. The highest BCUT2D eigenvalue weighted by molar-refractivity contribution is 5.94. The Morgan fingerprint density at radius 1 is 1.16 bits per heavy atom. The second-order valence-electron chi connectivity index (χ2n) is 5.85. The maximum atomic E-state index is 13.0. The first-order chi connectivity index (χ1) is 12.3. The lowest BCUT2D eigenvalue weighted by molar-refractivity contribution is 0.0583. The van der Waals surface area contributed by atoms with Crippen molar-refractivity contribution in [2.75, 3.05) is 7.11 Å². The number of hydrogen-bond acceptors (Lipinski definition) is 5. The number of ether oxygens (including phenoxy) is 1. The van der Waals surface area contributed by atoms with Crippen molar-refractivity contribution in [2.24, 2.45) is 0 Å². The summed E-state index contributed by atoms with van der Waals surface area (Å²) in [6.45, 7) is 1.11. The molecule has 3 heterocycles. The van der Waals surface area contributed by atoms with Crippen LogP contribution in [0.1, 0.15) is 27.8 Å². The van der Waals surface area contributed by atoms with Crippen LogP contribution in [0.2, 0.25) is 0 Å². The monoisotopic (exact) mass is 335 g/mol. The molecule has 0 radical (unpaired) electrons. The van der Waals surface area contributed by atoms with Crippen molar-refractivity contribution in [1.29, 1.82) is 0 Å². The molecule has 4 rings (SSSR count). The van der Waals surface area contributed by atoms with E-state index in [1.807, 2.05) is 35.4 Å². The van der Waals surface area contributed by atoms with Crippen molar-refractivity contribution in [1.82, 2.24) is 24.6 Å². The van der Waals surface area contributed by atoms with Crippen LogP contribution in [0.25, 0.3) is 0 Å². The quantitative estimate of drug-likeness (QED) is 0.733. The predicted octanol–water partition coefficient (Wildman–Crippen LogP) is 2.08. The average molecular weight is 335 g/mol. The van der Waals surface area contributed by atoms with E-state index in [9.17, 15) is 4.79 Å². The van der Waals surface area contributed by atoms with Crippen LogP contribution >= 0.6 is 0 Å². The highest BCUT2D eigenvalue weighted by Crippen LogP contribution is 2.31. The molecule has 25 heavy (non-hydrogen) atoms. The number of imidazole rings is 1. The van der Waals surface area contributed by atoms with Crippen LogP contribution in [0, 0.1) is 0 Å². The van der Waals surface area contributed by atoms with Crippen LogP contribution in [-0.4, -0.2) is 37.7 Å². The predicted molar refractivity (Wildman–Crippen MR) is 89.9 cm³/mol. The van der Waals surface area contributed by atoms with Gasteiger partial charge in [0.25, 0.3) is 5.91 Å². The molecule has 0 N–H and O–H groups in total. The van der Waals surface area contributed by atoms with Gasteiger partial charge in [0, 0.05) is 18.9 Å². The average Bonchev–Trinajstić information content (AvgIpc) is 3.15. The SMILES string of the molecule is COc1ccc([C@@H]2Cn3ccnc3CN2C(=O)c2ccnnc2)cc1. The summed E-state index contributed by atoms with van der Waals surface area (Å²) in [6.07, 6.45) is 6.74. The van der Waals surface area contributed by atoms with Crippen LogP contribution in [0.15, 0.2) is 55.1 Å². The lowest BCUT2D eigenvalue weighted by Crippen LogP contribution is -2.41. The Labute approximate surface area is 144 Å². The molecular formula is C18H17N5O2. The number of carbonyl (C=O) groups excluding carboxylic acids is 1. The summed E-state index contributed by atoms with van der Waals surface area (Å²) < 4.78 is 7.32. The van der Waals surface area contributed by atoms with Gasteiger partial charge in [-0.05, 0) is 23.8 Å². The van der Waals surface area contributed by atoms with Crippen molar-refractivity contribution in [3.63, 3.8) is 0 Å². The number of rotatable bonds is 3. The summed E-state index contributed by atoms with van der Waals surface area (Å²) in [4.78, 5) is 19.2. The first-order valence-electron chi connectivity index (χ1n) is 7.98. The summed E-state index contributed by atoms with van der Waals surface area (Å²) in [5.41, 5.74) is 1.57. The third kappa shape index (κ3) is 2.84. The fourth-order valence-corrected chi connectivity index (χ4v) is 3.11. The number of hydrogen-bond donors (Lipinski definition) is 0.